The molecule has 1 amide bonds. The number of benzene rings is 2. The largest absolute Gasteiger partial charge is 0.493 e. The standard InChI is InChI=1S/C17H20N2O2/c1-14-8-6-7-11-16(14)21-13-12-17(20)18-19(2)15-9-4-3-5-10-15/h3-11H,12-13H2,1-2H3,(H,18,20). The number of hydrazine groups is 1. The van der Waals surface area contributed by atoms with Crippen molar-refractivity contribution in [3.63, 3.8) is 0 Å². The molecule has 4 heteroatoms. The fraction of sp³-hybridized carbons (Fsp3) is 0.235. The molecule has 2 aromatic carbocycles. The number of para-hydroxylation sites is 2. The topological polar surface area (TPSA) is 41.6 Å². The Labute approximate surface area is 125 Å². The maximum absolute atomic E-state index is 11.9. The van der Waals surface area contributed by atoms with E-state index in [0.29, 0.717) is 13.0 Å². The van der Waals surface area contributed by atoms with Gasteiger partial charge in [-0.3, -0.25) is 15.2 Å². The molecule has 0 aliphatic heterocycles. The SMILES string of the molecule is Cc1ccccc1OCCC(=O)NN(C)c1ccccc1. The molecule has 0 spiro atoms. The zero-order valence-electron chi connectivity index (χ0n) is 12.4. The van der Waals surface area contributed by atoms with Crippen LogP contribution in [0.4, 0.5) is 5.69 Å². The van der Waals surface area contributed by atoms with Crippen LogP contribution in [0.1, 0.15) is 12.0 Å². The molecule has 0 aliphatic carbocycles. The van der Waals surface area contributed by atoms with Crippen molar-refractivity contribution in [2.75, 3.05) is 18.7 Å². The second-order valence-corrected chi connectivity index (χ2v) is 4.79. The lowest BCUT2D eigenvalue weighted by Crippen LogP contribution is -2.39. The van der Waals surface area contributed by atoms with Crippen molar-refractivity contribution >= 4 is 11.6 Å². The lowest BCUT2D eigenvalue weighted by atomic mass is 10.2. The van der Waals surface area contributed by atoms with Crippen LogP contribution in [0.3, 0.4) is 0 Å². The van der Waals surface area contributed by atoms with E-state index < -0.39 is 0 Å². The van der Waals surface area contributed by atoms with Gasteiger partial charge in [-0.15, -0.1) is 0 Å². The summed E-state index contributed by atoms with van der Waals surface area (Å²) in [7, 11) is 1.81. The summed E-state index contributed by atoms with van der Waals surface area (Å²) in [5, 5.41) is 1.70. The van der Waals surface area contributed by atoms with Crippen LogP contribution in [-0.4, -0.2) is 19.6 Å². The molecule has 0 aromatic heterocycles. The molecule has 0 unspecified atom stereocenters. The number of hydrogen-bond donors (Lipinski definition) is 1. The average Bonchev–Trinajstić information content (AvgIpc) is 2.50. The van der Waals surface area contributed by atoms with Crippen LogP contribution >= 0.6 is 0 Å². The summed E-state index contributed by atoms with van der Waals surface area (Å²) in [4.78, 5) is 11.9. The Morgan fingerprint density at radius 3 is 2.48 bits per heavy atom. The molecule has 4 nitrogen and oxygen atoms in total. The zero-order chi connectivity index (χ0) is 15.1. The predicted molar refractivity (Wildman–Crippen MR) is 84.3 cm³/mol. The zero-order valence-corrected chi connectivity index (χ0v) is 12.4. The molecule has 0 heterocycles. The molecule has 110 valence electrons. The van der Waals surface area contributed by atoms with Gasteiger partial charge in [0.2, 0.25) is 5.91 Å². The highest BCUT2D eigenvalue weighted by Crippen LogP contribution is 2.16. The van der Waals surface area contributed by atoms with Gasteiger partial charge < -0.3 is 4.74 Å². The van der Waals surface area contributed by atoms with E-state index in [-0.39, 0.29) is 5.91 Å². The van der Waals surface area contributed by atoms with Gasteiger partial charge in [-0.25, -0.2) is 0 Å². The molecule has 2 rings (SSSR count). The highest BCUT2D eigenvalue weighted by atomic mass is 16.5. The minimum Gasteiger partial charge on any atom is -0.493 e. The Morgan fingerprint density at radius 1 is 1.10 bits per heavy atom. The maximum Gasteiger partial charge on any atom is 0.241 e. The molecule has 0 bridgehead atoms. The van der Waals surface area contributed by atoms with Crippen molar-refractivity contribution in [1.82, 2.24) is 5.43 Å². The first kappa shape index (κ1) is 14.9. The number of nitrogens with one attached hydrogen (secondary N) is 1. The van der Waals surface area contributed by atoms with Gasteiger partial charge in [0.1, 0.15) is 5.75 Å². The fourth-order valence-electron chi connectivity index (χ4n) is 1.93. The molecular formula is C17H20N2O2. The molecule has 0 radical (unpaired) electrons. The molecule has 0 saturated carbocycles. The van der Waals surface area contributed by atoms with Crippen molar-refractivity contribution in [3.05, 3.63) is 60.2 Å². The summed E-state index contributed by atoms with van der Waals surface area (Å²) in [6.07, 6.45) is 0.311. The maximum atomic E-state index is 11.9. The summed E-state index contributed by atoms with van der Waals surface area (Å²) in [6.45, 7) is 2.35. The lowest BCUT2D eigenvalue weighted by molar-refractivity contribution is -0.121. The third-order valence-corrected chi connectivity index (χ3v) is 3.12. The van der Waals surface area contributed by atoms with Gasteiger partial charge >= 0.3 is 0 Å². The summed E-state index contributed by atoms with van der Waals surface area (Å²) in [6, 6.07) is 17.4. The van der Waals surface area contributed by atoms with Gasteiger partial charge in [-0.1, -0.05) is 36.4 Å². The minimum absolute atomic E-state index is 0.0741. The monoisotopic (exact) mass is 284 g/mol. The molecule has 0 fully saturated rings. The summed E-state index contributed by atoms with van der Waals surface area (Å²) >= 11 is 0. The normalized spacial score (nSPS) is 10.0. The third kappa shape index (κ3) is 4.53. The van der Waals surface area contributed by atoms with Crippen LogP contribution in [0, 0.1) is 6.92 Å². The van der Waals surface area contributed by atoms with E-state index in [0.717, 1.165) is 17.0 Å². The Morgan fingerprint density at radius 2 is 1.76 bits per heavy atom. The van der Waals surface area contributed by atoms with Crippen molar-refractivity contribution in [2.24, 2.45) is 0 Å². The Balaban J connectivity index is 1.76. The van der Waals surface area contributed by atoms with Gasteiger partial charge in [-0.2, -0.15) is 0 Å². The van der Waals surface area contributed by atoms with Gasteiger partial charge in [0.25, 0.3) is 0 Å². The Kier molecular flexibility index (Phi) is 5.21. The number of nitrogens with zero attached hydrogens (tertiary/aromatic N) is 1. The first-order chi connectivity index (χ1) is 10.2. The van der Waals surface area contributed by atoms with Gasteiger partial charge in [-0.05, 0) is 30.7 Å². The number of carbonyl (C=O) groups excluding carboxylic acids is 1. The highest BCUT2D eigenvalue weighted by Gasteiger charge is 2.06. The second-order valence-electron chi connectivity index (χ2n) is 4.79. The minimum atomic E-state index is -0.0741. The first-order valence-corrected chi connectivity index (χ1v) is 6.93. The molecule has 21 heavy (non-hydrogen) atoms. The van der Waals surface area contributed by atoms with E-state index in [1.54, 1.807) is 5.01 Å². The summed E-state index contributed by atoms with van der Waals surface area (Å²) in [5.74, 6) is 0.747. The van der Waals surface area contributed by atoms with Crippen LogP contribution < -0.4 is 15.2 Å². The van der Waals surface area contributed by atoms with Crippen LogP contribution in [0.2, 0.25) is 0 Å². The molecule has 0 saturated heterocycles. The molecule has 1 N–H and O–H groups in total. The van der Waals surface area contributed by atoms with Crippen molar-refractivity contribution in [1.29, 1.82) is 0 Å². The lowest BCUT2D eigenvalue weighted by Gasteiger charge is -2.20. The highest BCUT2D eigenvalue weighted by molar-refractivity contribution is 5.77. The second kappa shape index (κ2) is 7.33. The molecule has 0 atom stereocenters. The number of hydrogen-bond acceptors (Lipinski definition) is 3. The summed E-state index contributed by atoms with van der Waals surface area (Å²) in [5.41, 5.74) is 4.82. The van der Waals surface area contributed by atoms with E-state index in [9.17, 15) is 4.79 Å². The van der Waals surface area contributed by atoms with Gasteiger partial charge in [0, 0.05) is 7.05 Å². The van der Waals surface area contributed by atoms with Crippen molar-refractivity contribution < 1.29 is 9.53 Å². The smallest absolute Gasteiger partial charge is 0.241 e. The number of rotatable bonds is 6. The van der Waals surface area contributed by atoms with E-state index in [2.05, 4.69) is 5.43 Å². The van der Waals surface area contributed by atoms with E-state index >= 15 is 0 Å². The number of amides is 1. The number of aryl methyl sites for hydroxylation is 1. The van der Waals surface area contributed by atoms with Crippen molar-refractivity contribution in [3.8, 4) is 5.75 Å². The van der Waals surface area contributed by atoms with Gasteiger partial charge in [0.05, 0.1) is 18.7 Å². The quantitative estimate of drug-likeness (QED) is 0.829. The van der Waals surface area contributed by atoms with E-state index in [1.165, 1.54) is 0 Å². The first-order valence-electron chi connectivity index (χ1n) is 6.93. The van der Waals surface area contributed by atoms with Gasteiger partial charge in [0.15, 0.2) is 0 Å². The van der Waals surface area contributed by atoms with E-state index in [1.807, 2.05) is 68.6 Å². The predicted octanol–water partition coefficient (Wildman–Crippen LogP) is 2.93. The van der Waals surface area contributed by atoms with Crippen LogP contribution in [0.15, 0.2) is 54.6 Å². The number of carbonyl (C=O) groups is 1. The molecule has 2 aromatic rings. The number of anilines is 1. The fourth-order valence-corrected chi connectivity index (χ4v) is 1.93. The Hall–Kier alpha value is -2.49. The van der Waals surface area contributed by atoms with Crippen LogP contribution in [-0.2, 0) is 4.79 Å². The van der Waals surface area contributed by atoms with Crippen molar-refractivity contribution in [2.45, 2.75) is 13.3 Å². The van der Waals surface area contributed by atoms with Crippen LogP contribution in [0.5, 0.6) is 5.75 Å². The summed E-state index contributed by atoms with van der Waals surface area (Å²) < 4.78 is 5.62. The number of ether oxygens (including phenoxy) is 1. The molecule has 0 aliphatic rings. The third-order valence-electron chi connectivity index (χ3n) is 3.12. The van der Waals surface area contributed by atoms with E-state index in [4.69, 9.17) is 4.74 Å². The average molecular weight is 284 g/mol. The Bertz CT molecular complexity index is 584. The molecular weight excluding hydrogens is 264 g/mol. The van der Waals surface area contributed by atoms with Crippen LogP contribution in [0.25, 0.3) is 0 Å².